The quantitative estimate of drug-likeness (QED) is 0.737. The Hall–Kier alpha value is -1.36. The summed E-state index contributed by atoms with van der Waals surface area (Å²) in [4.78, 5) is 13.9. The van der Waals surface area contributed by atoms with Crippen molar-refractivity contribution in [2.24, 2.45) is 5.73 Å². The van der Waals surface area contributed by atoms with Gasteiger partial charge in [-0.2, -0.15) is 5.10 Å². The van der Waals surface area contributed by atoms with Gasteiger partial charge in [0.15, 0.2) is 0 Å². The summed E-state index contributed by atoms with van der Waals surface area (Å²) in [6.45, 7) is 1.36. The SMILES string of the molecule is NCC1CCCCN1C(=O)c1cn[nH]c1. The van der Waals surface area contributed by atoms with E-state index in [1.807, 2.05) is 4.90 Å². The van der Waals surface area contributed by atoms with Crippen LogP contribution in [0.5, 0.6) is 0 Å². The maximum atomic E-state index is 12.0. The van der Waals surface area contributed by atoms with Crippen LogP contribution in [0.4, 0.5) is 0 Å². The Bertz CT molecular complexity index is 322. The molecule has 1 amide bonds. The molecule has 0 spiro atoms. The highest BCUT2D eigenvalue weighted by Gasteiger charge is 2.26. The van der Waals surface area contributed by atoms with Crippen molar-refractivity contribution >= 4 is 5.91 Å². The summed E-state index contributed by atoms with van der Waals surface area (Å²) in [7, 11) is 0. The number of amides is 1. The average molecular weight is 208 g/mol. The standard InChI is InChI=1S/C10H16N4O/c11-5-9-3-1-2-4-14(9)10(15)8-6-12-13-7-8/h6-7,9H,1-5,11H2,(H,12,13). The molecule has 1 saturated heterocycles. The van der Waals surface area contributed by atoms with E-state index in [2.05, 4.69) is 10.2 Å². The number of carbonyl (C=O) groups excluding carboxylic acids is 1. The summed E-state index contributed by atoms with van der Waals surface area (Å²) in [5.41, 5.74) is 6.29. The number of nitrogens with two attached hydrogens (primary N) is 1. The van der Waals surface area contributed by atoms with Crippen LogP contribution in [0.1, 0.15) is 29.6 Å². The van der Waals surface area contributed by atoms with Crippen molar-refractivity contribution in [1.29, 1.82) is 0 Å². The lowest BCUT2D eigenvalue weighted by Crippen LogP contribution is -2.47. The van der Waals surface area contributed by atoms with Crippen LogP contribution in [0, 0.1) is 0 Å². The van der Waals surface area contributed by atoms with Crippen LogP contribution in [-0.2, 0) is 0 Å². The number of piperidine rings is 1. The molecule has 5 nitrogen and oxygen atoms in total. The van der Waals surface area contributed by atoms with Gasteiger partial charge in [0.25, 0.3) is 5.91 Å². The molecule has 0 radical (unpaired) electrons. The van der Waals surface area contributed by atoms with Crippen molar-refractivity contribution in [2.75, 3.05) is 13.1 Å². The molecule has 0 bridgehead atoms. The Morgan fingerprint density at radius 3 is 3.20 bits per heavy atom. The van der Waals surface area contributed by atoms with Crippen molar-refractivity contribution in [3.05, 3.63) is 18.0 Å². The molecular formula is C10H16N4O. The number of likely N-dealkylation sites (tertiary alicyclic amines) is 1. The van der Waals surface area contributed by atoms with E-state index in [-0.39, 0.29) is 11.9 Å². The molecule has 15 heavy (non-hydrogen) atoms. The third kappa shape index (κ3) is 2.02. The molecule has 0 aromatic carbocycles. The van der Waals surface area contributed by atoms with E-state index in [1.54, 1.807) is 12.4 Å². The first-order valence-corrected chi connectivity index (χ1v) is 5.32. The molecule has 1 unspecified atom stereocenters. The number of aromatic amines is 1. The fourth-order valence-corrected chi connectivity index (χ4v) is 2.05. The first-order chi connectivity index (χ1) is 7.33. The Morgan fingerprint density at radius 1 is 1.67 bits per heavy atom. The summed E-state index contributed by atoms with van der Waals surface area (Å²) in [5.74, 6) is 0.0406. The van der Waals surface area contributed by atoms with Gasteiger partial charge in [-0.15, -0.1) is 0 Å². The van der Waals surface area contributed by atoms with Crippen LogP contribution in [-0.4, -0.2) is 40.1 Å². The second-order valence-corrected chi connectivity index (χ2v) is 3.87. The van der Waals surface area contributed by atoms with Crippen LogP contribution in [0.2, 0.25) is 0 Å². The van der Waals surface area contributed by atoms with Gasteiger partial charge in [0, 0.05) is 25.3 Å². The predicted molar refractivity (Wildman–Crippen MR) is 56.3 cm³/mol. The van der Waals surface area contributed by atoms with Gasteiger partial charge >= 0.3 is 0 Å². The van der Waals surface area contributed by atoms with E-state index < -0.39 is 0 Å². The third-order valence-electron chi connectivity index (χ3n) is 2.91. The largest absolute Gasteiger partial charge is 0.334 e. The number of rotatable bonds is 2. The summed E-state index contributed by atoms with van der Waals surface area (Å²) in [6.07, 6.45) is 6.44. The molecule has 5 heteroatoms. The van der Waals surface area contributed by atoms with Gasteiger partial charge in [-0.05, 0) is 19.3 Å². The lowest BCUT2D eigenvalue weighted by Gasteiger charge is -2.34. The highest BCUT2D eigenvalue weighted by Crippen LogP contribution is 2.18. The van der Waals surface area contributed by atoms with Crippen LogP contribution >= 0.6 is 0 Å². The Kier molecular flexibility index (Phi) is 3.01. The van der Waals surface area contributed by atoms with E-state index >= 15 is 0 Å². The minimum Gasteiger partial charge on any atom is -0.334 e. The zero-order valence-electron chi connectivity index (χ0n) is 8.65. The number of carbonyl (C=O) groups is 1. The van der Waals surface area contributed by atoms with Crippen molar-refractivity contribution in [3.63, 3.8) is 0 Å². The number of aromatic nitrogens is 2. The molecule has 0 aliphatic carbocycles. The highest BCUT2D eigenvalue weighted by atomic mass is 16.2. The molecule has 1 aromatic rings. The molecule has 1 aliphatic rings. The van der Waals surface area contributed by atoms with Crippen LogP contribution < -0.4 is 5.73 Å². The van der Waals surface area contributed by atoms with Crippen molar-refractivity contribution in [1.82, 2.24) is 15.1 Å². The molecule has 1 aliphatic heterocycles. The molecule has 82 valence electrons. The molecule has 1 fully saturated rings. The van der Waals surface area contributed by atoms with E-state index in [1.165, 1.54) is 0 Å². The van der Waals surface area contributed by atoms with E-state index in [0.29, 0.717) is 12.1 Å². The third-order valence-corrected chi connectivity index (χ3v) is 2.91. The number of hydrogen-bond acceptors (Lipinski definition) is 3. The molecule has 0 saturated carbocycles. The summed E-state index contributed by atoms with van der Waals surface area (Å²) >= 11 is 0. The normalized spacial score (nSPS) is 21.7. The fraction of sp³-hybridized carbons (Fsp3) is 0.600. The molecule has 1 atom stereocenters. The van der Waals surface area contributed by atoms with E-state index in [9.17, 15) is 4.79 Å². The highest BCUT2D eigenvalue weighted by molar-refractivity contribution is 5.94. The zero-order valence-corrected chi connectivity index (χ0v) is 8.65. The molecule has 2 rings (SSSR count). The van der Waals surface area contributed by atoms with Crippen LogP contribution in [0.25, 0.3) is 0 Å². The summed E-state index contributed by atoms with van der Waals surface area (Å²) < 4.78 is 0. The predicted octanol–water partition coefficient (Wildman–Crippen LogP) is 0.363. The van der Waals surface area contributed by atoms with Crippen molar-refractivity contribution in [2.45, 2.75) is 25.3 Å². The van der Waals surface area contributed by atoms with Crippen molar-refractivity contribution < 1.29 is 4.79 Å². The van der Waals surface area contributed by atoms with Gasteiger partial charge in [-0.1, -0.05) is 0 Å². The average Bonchev–Trinajstić information content (AvgIpc) is 2.81. The van der Waals surface area contributed by atoms with Crippen LogP contribution in [0.3, 0.4) is 0 Å². The number of nitrogens with zero attached hydrogens (tertiary/aromatic N) is 2. The summed E-state index contributed by atoms with van der Waals surface area (Å²) in [6, 6.07) is 0.196. The van der Waals surface area contributed by atoms with E-state index in [4.69, 9.17) is 5.73 Å². The summed E-state index contributed by atoms with van der Waals surface area (Å²) in [5, 5.41) is 6.44. The Balaban J connectivity index is 2.11. The number of nitrogens with one attached hydrogen (secondary N) is 1. The lowest BCUT2D eigenvalue weighted by molar-refractivity contribution is 0.0623. The smallest absolute Gasteiger partial charge is 0.257 e. The molecular weight excluding hydrogens is 192 g/mol. The monoisotopic (exact) mass is 208 g/mol. The number of hydrogen-bond donors (Lipinski definition) is 2. The second kappa shape index (κ2) is 4.44. The Morgan fingerprint density at radius 2 is 2.53 bits per heavy atom. The topological polar surface area (TPSA) is 75.0 Å². The maximum Gasteiger partial charge on any atom is 0.257 e. The van der Waals surface area contributed by atoms with Gasteiger partial charge in [-0.3, -0.25) is 9.89 Å². The van der Waals surface area contributed by atoms with Gasteiger partial charge < -0.3 is 10.6 Å². The van der Waals surface area contributed by atoms with Crippen LogP contribution in [0.15, 0.2) is 12.4 Å². The van der Waals surface area contributed by atoms with Gasteiger partial charge in [0.05, 0.1) is 11.8 Å². The first kappa shape index (κ1) is 10.2. The molecule has 3 N–H and O–H groups in total. The second-order valence-electron chi connectivity index (χ2n) is 3.87. The zero-order chi connectivity index (χ0) is 10.7. The van der Waals surface area contributed by atoms with Gasteiger partial charge in [-0.25, -0.2) is 0 Å². The lowest BCUT2D eigenvalue weighted by atomic mass is 10.0. The maximum absolute atomic E-state index is 12.0. The molecule has 2 heterocycles. The van der Waals surface area contributed by atoms with Crippen molar-refractivity contribution in [3.8, 4) is 0 Å². The first-order valence-electron chi connectivity index (χ1n) is 5.32. The van der Waals surface area contributed by atoms with Gasteiger partial charge in [0.1, 0.15) is 0 Å². The minimum absolute atomic E-state index is 0.0406. The minimum atomic E-state index is 0.0406. The number of H-pyrrole nitrogens is 1. The molecule has 1 aromatic heterocycles. The fourth-order valence-electron chi connectivity index (χ4n) is 2.05. The Labute approximate surface area is 88.6 Å². The van der Waals surface area contributed by atoms with Gasteiger partial charge in [0.2, 0.25) is 0 Å². The van der Waals surface area contributed by atoms with E-state index in [0.717, 1.165) is 25.8 Å².